The molecular weight excluding hydrogens is 376 g/mol. The Morgan fingerprint density at radius 1 is 0.900 bits per heavy atom. The first-order valence-corrected chi connectivity index (χ1v) is 9.77. The van der Waals surface area contributed by atoms with Crippen LogP contribution in [-0.4, -0.2) is 18.5 Å². The summed E-state index contributed by atoms with van der Waals surface area (Å²) in [5.41, 5.74) is 5.14. The Kier molecular flexibility index (Phi) is 4.36. The van der Waals surface area contributed by atoms with Crippen LogP contribution in [0.3, 0.4) is 0 Å². The van der Waals surface area contributed by atoms with Crippen LogP contribution in [0.5, 0.6) is 11.5 Å². The van der Waals surface area contributed by atoms with Crippen molar-refractivity contribution in [3.8, 4) is 11.5 Å². The summed E-state index contributed by atoms with van der Waals surface area (Å²) in [6, 6.07) is 21.5. The van der Waals surface area contributed by atoms with Crippen molar-refractivity contribution >= 4 is 23.5 Å². The van der Waals surface area contributed by atoms with Gasteiger partial charge in [-0.25, -0.2) is 4.99 Å². The maximum absolute atomic E-state index is 13.4. The highest BCUT2D eigenvalue weighted by molar-refractivity contribution is 6.33. The van der Waals surface area contributed by atoms with Gasteiger partial charge in [-0.2, -0.15) is 0 Å². The summed E-state index contributed by atoms with van der Waals surface area (Å²) >= 11 is 0. The molecule has 0 saturated heterocycles. The lowest BCUT2D eigenvalue weighted by atomic mass is 10.1. The van der Waals surface area contributed by atoms with E-state index in [1.54, 1.807) is 11.0 Å². The van der Waals surface area contributed by atoms with Crippen molar-refractivity contribution in [3.05, 3.63) is 94.7 Å². The summed E-state index contributed by atoms with van der Waals surface area (Å²) in [6.45, 7) is 4.26. The topological polar surface area (TPSA) is 51.1 Å². The number of benzene rings is 3. The summed E-state index contributed by atoms with van der Waals surface area (Å²) in [5, 5.41) is 0. The van der Waals surface area contributed by atoms with Gasteiger partial charge in [0.1, 0.15) is 11.5 Å². The Morgan fingerprint density at radius 2 is 1.70 bits per heavy atom. The summed E-state index contributed by atoms with van der Waals surface area (Å²) in [5.74, 6) is 1.85. The third-order valence-electron chi connectivity index (χ3n) is 5.13. The maximum Gasteiger partial charge on any atom is 0.282 e. The number of carbonyl (C=O) groups excluding carboxylic acids is 1. The van der Waals surface area contributed by atoms with Gasteiger partial charge < -0.3 is 9.47 Å². The largest absolute Gasteiger partial charge is 0.454 e. The van der Waals surface area contributed by atoms with Crippen molar-refractivity contribution in [2.75, 3.05) is 11.7 Å². The monoisotopic (exact) mass is 396 g/mol. The van der Waals surface area contributed by atoms with Gasteiger partial charge in [-0.1, -0.05) is 48.0 Å². The number of hydrogen-bond donors (Lipinski definition) is 0. The number of fused-ring (bicyclic) bond motifs is 1. The van der Waals surface area contributed by atoms with Crippen molar-refractivity contribution in [2.24, 2.45) is 4.99 Å². The quantitative estimate of drug-likeness (QED) is 0.594. The number of carbonyl (C=O) groups is 1. The first-order valence-electron chi connectivity index (χ1n) is 9.77. The summed E-state index contributed by atoms with van der Waals surface area (Å²) < 4.78 is 10.8. The number of rotatable bonds is 3. The van der Waals surface area contributed by atoms with E-state index in [0.717, 1.165) is 27.9 Å². The van der Waals surface area contributed by atoms with E-state index < -0.39 is 0 Å². The van der Waals surface area contributed by atoms with Gasteiger partial charge >= 0.3 is 0 Å². The molecule has 0 bridgehead atoms. The fraction of sp³-hybridized carbons (Fsp3) is 0.120. The van der Waals surface area contributed by atoms with Crippen molar-refractivity contribution in [3.63, 3.8) is 0 Å². The Labute approximate surface area is 174 Å². The normalized spacial score (nSPS) is 16.3. The van der Waals surface area contributed by atoms with Crippen molar-refractivity contribution in [1.29, 1.82) is 0 Å². The van der Waals surface area contributed by atoms with Crippen molar-refractivity contribution in [1.82, 2.24) is 0 Å². The van der Waals surface area contributed by atoms with Crippen LogP contribution in [0, 0.1) is 13.8 Å². The van der Waals surface area contributed by atoms with Crippen LogP contribution in [0.4, 0.5) is 5.69 Å². The molecular formula is C25H20N2O3. The highest BCUT2D eigenvalue weighted by atomic mass is 16.7. The molecule has 0 atom stereocenters. The van der Waals surface area contributed by atoms with E-state index in [1.807, 2.05) is 80.6 Å². The van der Waals surface area contributed by atoms with E-state index in [4.69, 9.17) is 14.5 Å². The first-order chi connectivity index (χ1) is 14.6. The van der Waals surface area contributed by atoms with Gasteiger partial charge in [-0.3, -0.25) is 9.69 Å². The van der Waals surface area contributed by atoms with Gasteiger partial charge in [-0.05, 0) is 55.3 Å². The van der Waals surface area contributed by atoms with Gasteiger partial charge in [0.05, 0.1) is 5.69 Å². The summed E-state index contributed by atoms with van der Waals surface area (Å²) in [7, 11) is 0. The Morgan fingerprint density at radius 3 is 2.50 bits per heavy atom. The number of aryl methyl sites for hydroxylation is 2. The molecule has 3 aromatic carbocycles. The standard InChI is InChI=1S/C25H20N2O3/c1-16-6-9-19(10-7-16)24-26-21(13-18-8-11-22-23(14-18)30-15-29-22)25(28)27(24)20-5-3-4-17(2)12-20/h3-14H,15H2,1-2H3/b21-13+. The zero-order chi connectivity index (χ0) is 20.7. The lowest BCUT2D eigenvalue weighted by Gasteiger charge is -2.19. The Balaban J connectivity index is 1.60. The maximum atomic E-state index is 13.4. The van der Waals surface area contributed by atoms with E-state index in [2.05, 4.69) is 0 Å². The van der Waals surface area contributed by atoms with Crippen LogP contribution in [0.15, 0.2) is 77.4 Å². The van der Waals surface area contributed by atoms with Gasteiger partial charge in [0.2, 0.25) is 6.79 Å². The highest BCUT2D eigenvalue weighted by Gasteiger charge is 2.32. The second-order valence-corrected chi connectivity index (χ2v) is 7.42. The third-order valence-corrected chi connectivity index (χ3v) is 5.13. The number of nitrogens with zero attached hydrogens (tertiary/aromatic N) is 2. The van der Waals surface area contributed by atoms with Crippen LogP contribution in [0.1, 0.15) is 22.3 Å². The van der Waals surface area contributed by atoms with E-state index in [-0.39, 0.29) is 12.7 Å². The predicted molar refractivity (Wildman–Crippen MR) is 117 cm³/mol. The molecule has 0 aliphatic carbocycles. The molecule has 3 aromatic rings. The van der Waals surface area contributed by atoms with Crippen LogP contribution in [0.25, 0.3) is 6.08 Å². The van der Waals surface area contributed by atoms with Crippen LogP contribution < -0.4 is 14.4 Å². The molecule has 1 amide bonds. The molecule has 5 nitrogen and oxygen atoms in total. The highest BCUT2D eigenvalue weighted by Crippen LogP contribution is 2.34. The average molecular weight is 396 g/mol. The lowest BCUT2D eigenvalue weighted by Crippen LogP contribution is -2.32. The third kappa shape index (κ3) is 3.24. The molecule has 0 unspecified atom stereocenters. The minimum absolute atomic E-state index is 0.158. The van der Waals surface area contributed by atoms with Crippen LogP contribution >= 0.6 is 0 Å². The smallest absolute Gasteiger partial charge is 0.282 e. The van der Waals surface area contributed by atoms with E-state index in [9.17, 15) is 4.79 Å². The van der Waals surface area contributed by atoms with Crippen molar-refractivity contribution in [2.45, 2.75) is 13.8 Å². The molecule has 0 radical (unpaired) electrons. The SMILES string of the molecule is Cc1ccc(C2=N/C(=C/c3ccc4c(c3)OCO4)C(=O)N2c2cccc(C)c2)cc1. The lowest BCUT2D eigenvalue weighted by molar-refractivity contribution is -0.113. The van der Waals surface area contributed by atoms with Crippen molar-refractivity contribution < 1.29 is 14.3 Å². The predicted octanol–water partition coefficient (Wildman–Crippen LogP) is 4.87. The fourth-order valence-electron chi connectivity index (χ4n) is 3.58. The second-order valence-electron chi connectivity index (χ2n) is 7.42. The fourth-order valence-corrected chi connectivity index (χ4v) is 3.58. The molecule has 2 aliphatic rings. The zero-order valence-electron chi connectivity index (χ0n) is 16.8. The molecule has 2 aliphatic heterocycles. The number of anilines is 1. The van der Waals surface area contributed by atoms with Crippen LogP contribution in [0.2, 0.25) is 0 Å². The molecule has 5 rings (SSSR count). The molecule has 30 heavy (non-hydrogen) atoms. The van der Waals surface area contributed by atoms with Gasteiger partial charge in [0, 0.05) is 5.56 Å². The number of ether oxygens (including phenoxy) is 2. The zero-order valence-corrected chi connectivity index (χ0v) is 16.8. The van der Waals surface area contributed by atoms with Gasteiger partial charge in [0.15, 0.2) is 11.5 Å². The van der Waals surface area contributed by atoms with E-state index >= 15 is 0 Å². The second kappa shape index (κ2) is 7.19. The minimum Gasteiger partial charge on any atom is -0.454 e. The van der Waals surface area contributed by atoms with E-state index in [0.29, 0.717) is 23.0 Å². The molecule has 2 heterocycles. The molecule has 0 fully saturated rings. The summed E-state index contributed by atoms with van der Waals surface area (Å²) in [4.78, 5) is 19.8. The number of amidine groups is 1. The minimum atomic E-state index is -0.158. The summed E-state index contributed by atoms with van der Waals surface area (Å²) in [6.07, 6.45) is 1.79. The van der Waals surface area contributed by atoms with E-state index in [1.165, 1.54) is 0 Å². The number of aliphatic imine (C=N–C) groups is 1. The average Bonchev–Trinajstić information content (AvgIpc) is 3.33. The Hall–Kier alpha value is -3.86. The molecule has 0 N–H and O–H groups in total. The van der Waals surface area contributed by atoms with Gasteiger partial charge in [-0.15, -0.1) is 0 Å². The van der Waals surface area contributed by atoms with Crippen LogP contribution in [-0.2, 0) is 4.79 Å². The molecule has 148 valence electrons. The van der Waals surface area contributed by atoms with Gasteiger partial charge in [0.25, 0.3) is 5.91 Å². The number of hydrogen-bond acceptors (Lipinski definition) is 4. The first kappa shape index (κ1) is 18.2. The molecule has 0 aromatic heterocycles. The number of amides is 1. The molecule has 0 spiro atoms. The molecule has 5 heteroatoms. The Bertz CT molecular complexity index is 1210. The molecule has 0 saturated carbocycles.